The maximum Gasteiger partial charge on any atom is 0.417 e. The second kappa shape index (κ2) is 6.40. The van der Waals surface area contributed by atoms with Gasteiger partial charge in [0, 0.05) is 39.3 Å². The highest BCUT2D eigenvalue weighted by molar-refractivity contribution is 5.73. The van der Waals surface area contributed by atoms with E-state index in [1.54, 1.807) is 4.90 Å². The van der Waals surface area contributed by atoms with E-state index in [1.165, 1.54) is 13.0 Å². The molecule has 0 saturated carbocycles. The summed E-state index contributed by atoms with van der Waals surface area (Å²) in [5.41, 5.74) is 2.90. The van der Waals surface area contributed by atoms with E-state index in [4.69, 9.17) is 0 Å². The van der Waals surface area contributed by atoms with Gasteiger partial charge >= 0.3 is 6.18 Å². The molecule has 1 aromatic heterocycles. The molecular formula is C13H17F3N4O. The summed E-state index contributed by atoms with van der Waals surface area (Å²) < 4.78 is 37.2. The number of halogens is 3. The van der Waals surface area contributed by atoms with Crippen molar-refractivity contribution in [2.24, 2.45) is 0 Å². The second-order valence-electron chi connectivity index (χ2n) is 4.86. The predicted octanol–water partition coefficient (Wildman–Crippen LogP) is 1.27. The first-order valence-electron chi connectivity index (χ1n) is 6.62. The van der Waals surface area contributed by atoms with Crippen LogP contribution in [0.2, 0.25) is 0 Å². The minimum absolute atomic E-state index is 0.0547. The van der Waals surface area contributed by atoms with Crippen LogP contribution < -0.4 is 5.43 Å². The van der Waals surface area contributed by atoms with E-state index in [1.807, 2.05) is 5.01 Å². The Hall–Kier alpha value is -1.67. The molecule has 1 fully saturated rings. The summed E-state index contributed by atoms with van der Waals surface area (Å²) in [6.07, 6.45) is -3.52. The maximum absolute atomic E-state index is 12.4. The standard InChI is InChI=1S/C13H17F3N4O/c1-10(21)19-4-6-20(7-5-19)18-9-12-3-2-11(8-17-12)13(14,15)16/h2-3,8,18H,4-7,9H2,1H3. The Balaban J connectivity index is 1.80. The molecule has 2 rings (SSSR count). The molecule has 8 heteroatoms. The van der Waals surface area contributed by atoms with Crippen molar-refractivity contribution in [3.63, 3.8) is 0 Å². The lowest BCUT2D eigenvalue weighted by atomic mass is 10.2. The summed E-state index contributed by atoms with van der Waals surface area (Å²) in [5.74, 6) is 0.0547. The van der Waals surface area contributed by atoms with Crippen molar-refractivity contribution < 1.29 is 18.0 Å². The van der Waals surface area contributed by atoms with E-state index in [9.17, 15) is 18.0 Å². The first-order valence-corrected chi connectivity index (χ1v) is 6.62. The van der Waals surface area contributed by atoms with Gasteiger partial charge in [-0.3, -0.25) is 9.78 Å². The molecule has 1 saturated heterocycles. The third kappa shape index (κ3) is 4.40. The molecule has 116 valence electrons. The molecule has 21 heavy (non-hydrogen) atoms. The molecule has 1 aliphatic heterocycles. The van der Waals surface area contributed by atoms with Gasteiger partial charge in [-0.2, -0.15) is 13.2 Å². The number of alkyl halides is 3. The number of hydrazine groups is 1. The molecule has 0 aromatic carbocycles. The van der Waals surface area contributed by atoms with E-state index in [2.05, 4.69) is 10.4 Å². The van der Waals surface area contributed by atoms with E-state index >= 15 is 0 Å². The van der Waals surface area contributed by atoms with Crippen LogP contribution in [0, 0.1) is 0 Å². The summed E-state index contributed by atoms with van der Waals surface area (Å²) in [7, 11) is 0. The monoisotopic (exact) mass is 302 g/mol. The highest BCUT2D eigenvalue weighted by Crippen LogP contribution is 2.28. The second-order valence-corrected chi connectivity index (χ2v) is 4.86. The van der Waals surface area contributed by atoms with Gasteiger partial charge in [0.15, 0.2) is 0 Å². The van der Waals surface area contributed by atoms with Gasteiger partial charge < -0.3 is 4.90 Å². The largest absolute Gasteiger partial charge is 0.417 e. The summed E-state index contributed by atoms with van der Waals surface area (Å²) in [6, 6.07) is 2.39. The van der Waals surface area contributed by atoms with Crippen molar-refractivity contribution in [1.82, 2.24) is 20.3 Å². The molecule has 0 bridgehead atoms. The maximum atomic E-state index is 12.4. The summed E-state index contributed by atoms with van der Waals surface area (Å²) in [4.78, 5) is 16.7. The van der Waals surface area contributed by atoms with Gasteiger partial charge in [-0.1, -0.05) is 0 Å². The van der Waals surface area contributed by atoms with Gasteiger partial charge in [0.05, 0.1) is 17.8 Å². The Morgan fingerprint density at radius 3 is 2.43 bits per heavy atom. The average Bonchev–Trinajstić information content (AvgIpc) is 2.45. The number of nitrogens with zero attached hydrogens (tertiary/aromatic N) is 3. The van der Waals surface area contributed by atoms with Gasteiger partial charge in [-0.05, 0) is 12.1 Å². The van der Waals surface area contributed by atoms with Crippen LogP contribution in [0.15, 0.2) is 18.3 Å². The average molecular weight is 302 g/mol. The fraction of sp³-hybridized carbons (Fsp3) is 0.538. The van der Waals surface area contributed by atoms with Crippen LogP contribution in [0.1, 0.15) is 18.2 Å². The van der Waals surface area contributed by atoms with Crippen molar-refractivity contribution in [1.29, 1.82) is 0 Å². The Morgan fingerprint density at radius 2 is 1.95 bits per heavy atom. The molecule has 0 atom stereocenters. The normalized spacial score (nSPS) is 17.0. The van der Waals surface area contributed by atoms with Crippen molar-refractivity contribution in [2.45, 2.75) is 19.6 Å². The van der Waals surface area contributed by atoms with Gasteiger partial charge in [0.2, 0.25) is 5.91 Å². The lowest BCUT2D eigenvalue weighted by Gasteiger charge is -2.34. The first-order chi connectivity index (χ1) is 9.86. The highest BCUT2D eigenvalue weighted by Gasteiger charge is 2.30. The van der Waals surface area contributed by atoms with E-state index < -0.39 is 11.7 Å². The Labute approximate surface area is 120 Å². The van der Waals surface area contributed by atoms with Crippen LogP contribution in [0.3, 0.4) is 0 Å². The highest BCUT2D eigenvalue weighted by atomic mass is 19.4. The summed E-state index contributed by atoms with van der Waals surface area (Å²) >= 11 is 0. The minimum atomic E-state index is -4.36. The number of hydrogen-bond donors (Lipinski definition) is 1. The van der Waals surface area contributed by atoms with E-state index in [-0.39, 0.29) is 5.91 Å². The number of aromatic nitrogens is 1. The Bertz CT molecular complexity index is 481. The van der Waals surface area contributed by atoms with Crippen LogP contribution in [0.5, 0.6) is 0 Å². The number of amides is 1. The fourth-order valence-corrected chi connectivity index (χ4v) is 2.07. The summed E-state index contributed by atoms with van der Waals surface area (Å²) in [6.45, 7) is 4.54. The molecule has 0 aliphatic carbocycles. The quantitative estimate of drug-likeness (QED) is 0.913. The molecule has 5 nitrogen and oxygen atoms in total. The van der Waals surface area contributed by atoms with Crippen LogP contribution in [0.25, 0.3) is 0 Å². The number of carbonyl (C=O) groups excluding carboxylic acids is 1. The van der Waals surface area contributed by atoms with Crippen molar-refractivity contribution >= 4 is 5.91 Å². The van der Waals surface area contributed by atoms with Gasteiger partial charge in [0.25, 0.3) is 0 Å². The van der Waals surface area contributed by atoms with Gasteiger partial charge in [-0.15, -0.1) is 0 Å². The molecule has 0 spiro atoms. The molecule has 1 aromatic rings. The fourth-order valence-electron chi connectivity index (χ4n) is 2.07. The summed E-state index contributed by atoms with van der Waals surface area (Å²) in [5, 5.41) is 1.94. The number of nitrogens with one attached hydrogen (secondary N) is 1. The van der Waals surface area contributed by atoms with E-state index in [0.717, 1.165) is 12.3 Å². The van der Waals surface area contributed by atoms with E-state index in [0.29, 0.717) is 38.4 Å². The number of carbonyl (C=O) groups is 1. The third-order valence-corrected chi connectivity index (χ3v) is 3.36. The molecule has 1 N–H and O–H groups in total. The van der Waals surface area contributed by atoms with Crippen LogP contribution >= 0.6 is 0 Å². The lowest BCUT2D eigenvalue weighted by molar-refractivity contribution is -0.138. The Morgan fingerprint density at radius 1 is 1.29 bits per heavy atom. The van der Waals surface area contributed by atoms with Crippen LogP contribution in [-0.4, -0.2) is 47.0 Å². The predicted molar refractivity (Wildman–Crippen MR) is 69.9 cm³/mol. The third-order valence-electron chi connectivity index (χ3n) is 3.36. The van der Waals surface area contributed by atoms with Gasteiger partial charge in [0.1, 0.15) is 0 Å². The number of hydrogen-bond acceptors (Lipinski definition) is 4. The zero-order valence-electron chi connectivity index (χ0n) is 11.7. The SMILES string of the molecule is CC(=O)N1CCN(NCc2ccc(C(F)(F)F)cn2)CC1. The topological polar surface area (TPSA) is 48.5 Å². The minimum Gasteiger partial charge on any atom is -0.340 e. The van der Waals surface area contributed by atoms with Crippen LogP contribution in [0.4, 0.5) is 13.2 Å². The first kappa shape index (κ1) is 15.7. The zero-order chi connectivity index (χ0) is 15.5. The number of rotatable bonds is 3. The van der Waals surface area contributed by atoms with Gasteiger partial charge in [-0.25, -0.2) is 10.4 Å². The molecule has 1 amide bonds. The van der Waals surface area contributed by atoms with Crippen LogP contribution in [-0.2, 0) is 17.5 Å². The molecule has 2 heterocycles. The molecule has 0 radical (unpaired) electrons. The van der Waals surface area contributed by atoms with Crippen molar-refractivity contribution in [2.75, 3.05) is 26.2 Å². The van der Waals surface area contributed by atoms with Crippen molar-refractivity contribution in [3.05, 3.63) is 29.6 Å². The lowest BCUT2D eigenvalue weighted by Crippen LogP contribution is -2.52. The molecule has 1 aliphatic rings. The Kier molecular flexibility index (Phi) is 4.79. The zero-order valence-corrected chi connectivity index (χ0v) is 11.7. The smallest absolute Gasteiger partial charge is 0.340 e. The number of piperazine rings is 1. The number of pyridine rings is 1. The van der Waals surface area contributed by atoms with Crippen molar-refractivity contribution in [3.8, 4) is 0 Å². The molecule has 0 unspecified atom stereocenters. The molecular weight excluding hydrogens is 285 g/mol.